The van der Waals surface area contributed by atoms with Gasteiger partial charge in [-0.3, -0.25) is 4.79 Å². The Labute approximate surface area is 144 Å². The van der Waals surface area contributed by atoms with Gasteiger partial charge < -0.3 is 15.0 Å². The quantitative estimate of drug-likeness (QED) is 0.801. The summed E-state index contributed by atoms with van der Waals surface area (Å²) < 4.78 is 2.94. The molecule has 0 bridgehead atoms. The van der Waals surface area contributed by atoms with E-state index in [9.17, 15) is 0 Å². The molecule has 1 heterocycles. The lowest BCUT2D eigenvalue weighted by atomic mass is 10.2. The number of aromatic nitrogens is 1. The SMILES string of the molecule is C/C=C(\N=c1\c(Br)cccn1C)Nc1ccc(C)cc1.O=CO. The second-order valence-electron chi connectivity index (χ2n) is 4.67. The summed E-state index contributed by atoms with van der Waals surface area (Å²) in [6.45, 7) is 3.79. The molecule has 0 spiro atoms. The molecule has 0 saturated carbocycles. The fourth-order valence-corrected chi connectivity index (χ4v) is 2.29. The Hall–Kier alpha value is -2.34. The normalized spacial score (nSPS) is 11.5. The lowest BCUT2D eigenvalue weighted by Gasteiger charge is -2.08. The van der Waals surface area contributed by atoms with Crippen molar-refractivity contribution in [1.82, 2.24) is 4.57 Å². The van der Waals surface area contributed by atoms with Crippen LogP contribution < -0.4 is 10.8 Å². The number of anilines is 1. The van der Waals surface area contributed by atoms with Gasteiger partial charge in [-0.05, 0) is 60.1 Å². The van der Waals surface area contributed by atoms with Crippen molar-refractivity contribution in [2.75, 3.05) is 5.32 Å². The second-order valence-corrected chi connectivity index (χ2v) is 5.53. The van der Waals surface area contributed by atoms with Gasteiger partial charge in [-0.2, -0.15) is 0 Å². The predicted octanol–water partition coefficient (Wildman–Crippen LogP) is 3.67. The van der Waals surface area contributed by atoms with Crippen LogP contribution in [0.3, 0.4) is 0 Å². The number of nitrogens with zero attached hydrogens (tertiary/aromatic N) is 2. The third-order valence-electron chi connectivity index (χ3n) is 2.92. The minimum Gasteiger partial charge on any atom is -0.483 e. The van der Waals surface area contributed by atoms with Crippen LogP contribution in [0.4, 0.5) is 5.69 Å². The third-order valence-corrected chi connectivity index (χ3v) is 3.54. The maximum absolute atomic E-state index is 8.36. The standard InChI is InChI=1S/C16H18BrN3.CH2O2/c1-4-15(18-13-9-7-12(2)8-10-13)19-16-14(17)6-5-11-20(16)3;2-1-3/h4-11,18H,1-3H3;1H,(H,2,3)/b15-4-,19-16-;. The Morgan fingerprint density at radius 2 is 1.91 bits per heavy atom. The molecule has 0 fully saturated rings. The van der Waals surface area contributed by atoms with Crippen LogP contribution in [0.2, 0.25) is 0 Å². The largest absolute Gasteiger partial charge is 0.483 e. The van der Waals surface area contributed by atoms with Gasteiger partial charge in [0.25, 0.3) is 6.47 Å². The lowest BCUT2D eigenvalue weighted by Crippen LogP contribution is -2.19. The Morgan fingerprint density at radius 1 is 1.30 bits per heavy atom. The first-order valence-corrected chi connectivity index (χ1v) is 7.74. The van der Waals surface area contributed by atoms with Crippen molar-refractivity contribution in [3.63, 3.8) is 0 Å². The van der Waals surface area contributed by atoms with E-state index in [0.29, 0.717) is 0 Å². The number of nitrogens with one attached hydrogen (secondary N) is 1. The molecular weight excluding hydrogens is 358 g/mol. The number of carbonyl (C=O) groups is 1. The molecule has 2 aromatic rings. The van der Waals surface area contributed by atoms with E-state index >= 15 is 0 Å². The number of aryl methyl sites for hydroxylation is 2. The summed E-state index contributed by atoms with van der Waals surface area (Å²) in [5.41, 5.74) is 3.15. The van der Waals surface area contributed by atoms with Crippen molar-refractivity contribution < 1.29 is 9.90 Å². The van der Waals surface area contributed by atoms with Crippen LogP contribution >= 0.6 is 15.9 Å². The average Bonchev–Trinajstić information content (AvgIpc) is 2.52. The number of carboxylic acid groups (broad SMARTS) is 1. The summed E-state index contributed by atoms with van der Waals surface area (Å²) >= 11 is 3.53. The molecule has 1 aromatic heterocycles. The zero-order valence-corrected chi connectivity index (χ0v) is 14.9. The van der Waals surface area contributed by atoms with E-state index < -0.39 is 0 Å². The van der Waals surface area contributed by atoms with Gasteiger partial charge in [-0.1, -0.05) is 17.7 Å². The minimum absolute atomic E-state index is 0.250. The van der Waals surface area contributed by atoms with Crippen LogP contribution in [0.1, 0.15) is 12.5 Å². The van der Waals surface area contributed by atoms with E-state index in [1.165, 1.54) is 5.56 Å². The highest BCUT2D eigenvalue weighted by Gasteiger charge is 1.98. The lowest BCUT2D eigenvalue weighted by molar-refractivity contribution is -0.122. The molecule has 0 unspecified atom stereocenters. The van der Waals surface area contributed by atoms with Crippen molar-refractivity contribution in [3.8, 4) is 0 Å². The highest BCUT2D eigenvalue weighted by Crippen LogP contribution is 2.12. The first-order valence-electron chi connectivity index (χ1n) is 6.95. The Kier molecular flexibility index (Phi) is 7.83. The molecule has 122 valence electrons. The first-order chi connectivity index (χ1) is 11.0. The van der Waals surface area contributed by atoms with E-state index in [2.05, 4.69) is 45.3 Å². The highest BCUT2D eigenvalue weighted by molar-refractivity contribution is 9.10. The fourth-order valence-electron chi connectivity index (χ4n) is 1.77. The smallest absolute Gasteiger partial charge is 0.290 e. The van der Waals surface area contributed by atoms with Gasteiger partial charge in [0.1, 0.15) is 11.3 Å². The highest BCUT2D eigenvalue weighted by atomic mass is 79.9. The monoisotopic (exact) mass is 377 g/mol. The number of halogens is 1. The molecule has 0 saturated heterocycles. The maximum Gasteiger partial charge on any atom is 0.290 e. The molecule has 2 N–H and O–H groups in total. The Morgan fingerprint density at radius 3 is 2.43 bits per heavy atom. The van der Waals surface area contributed by atoms with Crippen LogP contribution in [0.5, 0.6) is 0 Å². The summed E-state index contributed by atoms with van der Waals surface area (Å²) in [5, 5.41) is 10.2. The molecule has 0 radical (unpaired) electrons. The van der Waals surface area contributed by atoms with Gasteiger partial charge in [0.05, 0.1) is 4.47 Å². The zero-order chi connectivity index (χ0) is 17.2. The fraction of sp³-hybridized carbons (Fsp3) is 0.176. The van der Waals surface area contributed by atoms with Gasteiger partial charge in [-0.15, -0.1) is 0 Å². The number of rotatable bonds is 3. The summed E-state index contributed by atoms with van der Waals surface area (Å²) in [5.74, 6) is 0.816. The van der Waals surface area contributed by atoms with Crippen LogP contribution in [0.15, 0.2) is 64.0 Å². The van der Waals surface area contributed by atoms with Gasteiger partial charge in [0.15, 0.2) is 0 Å². The van der Waals surface area contributed by atoms with E-state index in [0.717, 1.165) is 21.5 Å². The third kappa shape index (κ3) is 6.12. The predicted molar refractivity (Wildman–Crippen MR) is 95.9 cm³/mol. The van der Waals surface area contributed by atoms with Crippen LogP contribution in [0.25, 0.3) is 0 Å². The first kappa shape index (κ1) is 18.7. The minimum atomic E-state index is -0.250. The summed E-state index contributed by atoms with van der Waals surface area (Å²) in [4.78, 5) is 13.0. The van der Waals surface area contributed by atoms with E-state index in [1.54, 1.807) is 0 Å². The van der Waals surface area contributed by atoms with Gasteiger partial charge in [-0.25, -0.2) is 4.99 Å². The Balaban J connectivity index is 0.000000816. The molecule has 6 heteroatoms. The van der Waals surface area contributed by atoms with Crippen molar-refractivity contribution in [1.29, 1.82) is 0 Å². The summed E-state index contributed by atoms with van der Waals surface area (Å²) in [6.07, 6.45) is 3.93. The van der Waals surface area contributed by atoms with E-state index in [4.69, 9.17) is 9.90 Å². The molecule has 0 aliphatic rings. The number of hydrogen-bond donors (Lipinski definition) is 2. The van der Waals surface area contributed by atoms with Crippen LogP contribution in [-0.4, -0.2) is 16.1 Å². The van der Waals surface area contributed by atoms with E-state index in [-0.39, 0.29) is 6.47 Å². The molecule has 0 amide bonds. The second kappa shape index (κ2) is 9.63. The maximum atomic E-state index is 8.36. The molecule has 0 atom stereocenters. The van der Waals surface area contributed by atoms with Gasteiger partial charge in [0.2, 0.25) is 0 Å². The molecule has 0 aliphatic heterocycles. The number of allylic oxidation sites excluding steroid dienone is 1. The van der Waals surface area contributed by atoms with E-state index in [1.807, 2.05) is 55.1 Å². The average molecular weight is 378 g/mol. The van der Waals surface area contributed by atoms with Crippen molar-refractivity contribution in [3.05, 3.63) is 70.0 Å². The van der Waals surface area contributed by atoms with Crippen molar-refractivity contribution in [2.45, 2.75) is 13.8 Å². The molecule has 5 nitrogen and oxygen atoms in total. The molecule has 2 rings (SSSR count). The molecule has 23 heavy (non-hydrogen) atoms. The van der Waals surface area contributed by atoms with Gasteiger partial charge in [0, 0.05) is 18.9 Å². The molecule has 1 aromatic carbocycles. The van der Waals surface area contributed by atoms with Crippen molar-refractivity contribution >= 4 is 28.1 Å². The number of benzene rings is 1. The number of pyridine rings is 1. The zero-order valence-electron chi connectivity index (χ0n) is 13.3. The Bertz CT molecular complexity index is 711. The summed E-state index contributed by atoms with van der Waals surface area (Å²) in [6, 6.07) is 12.2. The van der Waals surface area contributed by atoms with Crippen molar-refractivity contribution in [2.24, 2.45) is 12.0 Å². The molecule has 0 aliphatic carbocycles. The topological polar surface area (TPSA) is 66.6 Å². The van der Waals surface area contributed by atoms with Crippen LogP contribution in [-0.2, 0) is 11.8 Å². The molecular formula is C17H20BrN3O2. The van der Waals surface area contributed by atoms with Crippen LogP contribution in [0, 0.1) is 6.92 Å². The number of hydrogen-bond acceptors (Lipinski definition) is 3. The van der Waals surface area contributed by atoms with Gasteiger partial charge >= 0.3 is 0 Å². The summed E-state index contributed by atoms with van der Waals surface area (Å²) in [7, 11) is 1.97.